The Labute approximate surface area is 90.0 Å². The van der Waals surface area contributed by atoms with Crippen LogP contribution >= 0.6 is 0 Å². The van der Waals surface area contributed by atoms with E-state index in [0.29, 0.717) is 6.54 Å². The fourth-order valence-corrected chi connectivity index (χ4v) is 1.99. The molecule has 0 saturated carbocycles. The third-order valence-corrected chi connectivity index (χ3v) is 2.72. The Morgan fingerprint density at radius 3 is 2.80 bits per heavy atom. The molecule has 5 heteroatoms. The van der Waals surface area contributed by atoms with Crippen molar-refractivity contribution in [2.75, 3.05) is 13.1 Å². The molecule has 86 valence electrons. The zero-order chi connectivity index (χ0) is 11.4. The molecule has 0 aromatic heterocycles. The molecule has 1 fully saturated rings. The predicted octanol–water partition coefficient (Wildman–Crippen LogP) is -0.539. The lowest BCUT2D eigenvalue weighted by Crippen LogP contribution is -2.49. The van der Waals surface area contributed by atoms with E-state index in [1.54, 1.807) is 11.8 Å². The highest BCUT2D eigenvalue weighted by Crippen LogP contribution is 2.16. The molecular weight excluding hydrogens is 194 g/mol. The monoisotopic (exact) mass is 213 g/mol. The maximum absolute atomic E-state index is 11.9. The molecule has 5 nitrogen and oxygen atoms in total. The number of nitrogens with one attached hydrogen (secondary N) is 1. The molecule has 0 aromatic carbocycles. The van der Waals surface area contributed by atoms with E-state index in [4.69, 9.17) is 5.73 Å². The molecule has 0 radical (unpaired) electrons. The van der Waals surface area contributed by atoms with Crippen LogP contribution in [0, 0.1) is 0 Å². The van der Waals surface area contributed by atoms with Crippen LogP contribution in [0.15, 0.2) is 0 Å². The maximum Gasteiger partial charge on any atom is 0.245 e. The minimum atomic E-state index is -0.449. The highest BCUT2D eigenvalue weighted by molar-refractivity contribution is 5.86. The molecule has 15 heavy (non-hydrogen) atoms. The number of rotatable bonds is 3. The zero-order valence-corrected chi connectivity index (χ0v) is 9.32. The largest absolute Gasteiger partial charge is 0.345 e. The van der Waals surface area contributed by atoms with Crippen molar-refractivity contribution >= 4 is 11.8 Å². The Balaban J connectivity index is 2.55. The van der Waals surface area contributed by atoms with Crippen LogP contribution in [0.3, 0.4) is 0 Å². The highest BCUT2D eigenvalue weighted by atomic mass is 16.2. The molecule has 0 bridgehead atoms. The number of likely N-dealkylation sites (tertiary alicyclic amines) is 1. The fraction of sp³-hybridized carbons (Fsp3) is 0.800. The number of carbonyl (C=O) groups excluding carboxylic acids is 2. The summed E-state index contributed by atoms with van der Waals surface area (Å²) < 4.78 is 0. The van der Waals surface area contributed by atoms with Crippen LogP contribution in [0.25, 0.3) is 0 Å². The molecule has 0 aromatic rings. The summed E-state index contributed by atoms with van der Waals surface area (Å²) in [5.74, 6) is -0.211. The van der Waals surface area contributed by atoms with Crippen molar-refractivity contribution in [2.45, 2.75) is 38.8 Å². The van der Waals surface area contributed by atoms with E-state index in [9.17, 15) is 9.59 Å². The van der Waals surface area contributed by atoms with E-state index in [2.05, 4.69) is 5.32 Å². The minimum Gasteiger partial charge on any atom is -0.345 e. The average molecular weight is 213 g/mol. The van der Waals surface area contributed by atoms with Crippen LogP contribution in [0.4, 0.5) is 0 Å². The van der Waals surface area contributed by atoms with Crippen LogP contribution in [-0.4, -0.2) is 41.9 Å². The van der Waals surface area contributed by atoms with Gasteiger partial charge in [0.2, 0.25) is 11.8 Å². The molecule has 3 N–H and O–H groups in total. The van der Waals surface area contributed by atoms with Crippen LogP contribution in [-0.2, 0) is 9.59 Å². The topological polar surface area (TPSA) is 75.4 Å². The quantitative estimate of drug-likeness (QED) is 0.661. The van der Waals surface area contributed by atoms with Gasteiger partial charge in [0.15, 0.2) is 0 Å². The lowest BCUT2D eigenvalue weighted by atomic mass is 10.2. The number of carbonyl (C=O) groups is 2. The second kappa shape index (κ2) is 5.11. The molecule has 0 unspecified atom stereocenters. The van der Waals surface area contributed by atoms with E-state index >= 15 is 0 Å². The normalized spacial score (nSPS) is 22.6. The molecule has 1 saturated heterocycles. The van der Waals surface area contributed by atoms with E-state index in [1.807, 2.05) is 0 Å². The van der Waals surface area contributed by atoms with Gasteiger partial charge in [0, 0.05) is 26.1 Å². The number of hydrogen-bond donors (Lipinski definition) is 2. The number of nitrogens with zero attached hydrogens (tertiary/aromatic N) is 1. The van der Waals surface area contributed by atoms with Crippen molar-refractivity contribution in [1.82, 2.24) is 10.2 Å². The zero-order valence-electron chi connectivity index (χ0n) is 9.32. The summed E-state index contributed by atoms with van der Waals surface area (Å²) in [6.45, 7) is 4.37. The van der Waals surface area contributed by atoms with Gasteiger partial charge in [-0.2, -0.15) is 0 Å². The maximum atomic E-state index is 11.9. The Morgan fingerprint density at radius 1 is 1.60 bits per heavy atom. The summed E-state index contributed by atoms with van der Waals surface area (Å²) in [5, 5.41) is 2.59. The first-order chi connectivity index (χ1) is 7.06. The van der Waals surface area contributed by atoms with Gasteiger partial charge in [0.05, 0.1) is 0 Å². The van der Waals surface area contributed by atoms with Crippen molar-refractivity contribution in [3.63, 3.8) is 0 Å². The number of nitrogens with two attached hydrogens (primary N) is 1. The Kier molecular flexibility index (Phi) is 4.08. The fourth-order valence-electron chi connectivity index (χ4n) is 1.99. The van der Waals surface area contributed by atoms with Gasteiger partial charge in [-0.25, -0.2) is 0 Å². The van der Waals surface area contributed by atoms with E-state index in [1.165, 1.54) is 6.92 Å². The summed E-state index contributed by atoms with van der Waals surface area (Å²) in [7, 11) is 0. The Hall–Kier alpha value is -1.10. The second-order valence-corrected chi connectivity index (χ2v) is 3.99. The van der Waals surface area contributed by atoms with Gasteiger partial charge in [-0.15, -0.1) is 0 Å². The van der Waals surface area contributed by atoms with Gasteiger partial charge >= 0.3 is 0 Å². The van der Waals surface area contributed by atoms with Crippen molar-refractivity contribution < 1.29 is 9.59 Å². The molecule has 2 atom stereocenters. The first-order valence-electron chi connectivity index (χ1n) is 5.34. The predicted molar refractivity (Wildman–Crippen MR) is 57.1 cm³/mol. The van der Waals surface area contributed by atoms with Gasteiger partial charge in [-0.3, -0.25) is 9.59 Å². The van der Waals surface area contributed by atoms with Crippen LogP contribution in [0.1, 0.15) is 26.7 Å². The summed E-state index contributed by atoms with van der Waals surface area (Å²) in [6.07, 6.45) is 1.97. The standard InChI is InChI=1S/C10H19N3O2/c1-7(12-8(2)14)10(15)13-5-3-4-9(13)6-11/h7,9H,3-6,11H2,1-2H3,(H,12,14)/t7-,9-/m0/s1. The first kappa shape index (κ1) is 12.0. The smallest absolute Gasteiger partial charge is 0.245 e. The lowest BCUT2D eigenvalue weighted by Gasteiger charge is -2.26. The summed E-state index contributed by atoms with van der Waals surface area (Å²) in [5.41, 5.74) is 5.58. The van der Waals surface area contributed by atoms with Crippen LogP contribution in [0.5, 0.6) is 0 Å². The third-order valence-electron chi connectivity index (χ3n) is 2.72. The summed E-state index contributed by atoms with van der Waals surface area (Å²) >= 11 is 0. The molecule has 2 amide bonds. The van der Waals surface area contributed by atoms with Gasteiger partial charge in [0.1, 0.15) is 6.04 Å². The Morgan fingerprint density at radius 2 is 2.27 bits per heavy atom. The van der Waals surface area contributed by atoms with Gasteiger partial charge < -0.3 is 16.0 Å². The van der Waals surface area contributed by atoms with E-state index < -0.39 is 6.04 Å². The summed E-state index contributed by atoms with van der Waals surface area (Å²) in [4.78, 5) is 24.5. The lowest BCUT2D eigenvalue weighted by molar-refractivity contribution is -0.136. The minimum absolute atomic E-state index is 0.0295. The summed E-state index contributed by atoms with van der Waals surface area (Å²) in [6, 6.07) is -0.302. The van der Waals surface area contributed by atoms with Crippen LogP contribution in [0.2, 0.25) is 0 Å². The Bertz CT molecular complexity index is 255. The van der Waals surface area contributed by atoms with Crippen molar-refractivity contribution in [3.8, 4) is 0 Å². The molecule has 0 spiro atoms. The third kappa shape index (κ3) is 2.92. The van der Waals surface area contributed by atoms with Crippen LogP contribution < -0.4 is 11.1 Å². The van der Waals surface area contributed by atoms with E-state index in [0.717, 1.165) is 19.4 Å². The van der Waals surface area contributed by atoms with Gasteiger partial charge in [-0.1, -0.05) is 0 Å². The SMILES string of the molecule is CC(=O)N[C@@H](C)C(=O)N1CCC[C@H]1CN. The van der Waals surface area contributed by atoms with Gasteiger partial charge in [-0.05, 0) is 19.8 Å². The van der Waals surface area contributed by atoms with Crippen molar-refractivity contribution in [1.29, 1.82) is 0 Å². The number of amides is 2. The highest BCUT2D eigenvalue weighted by Gasteiger charge is 2.30. The average Bonchev–Trinajstić information content (AvgIpc) is 2.62. The molecule has 1 aliphatic rings. The molecular formula is C10H19N3O2. The second-order valence-electron chi connectivity index (χ2n) is 3.99. The van der Waals surface area contributed by atoms with E-state index in [-0.39, 0.29) is 17.9 Å². The first-order valence-corrected chi connectivity index (χ1v) is 5.34. The number of hydrogen-bond acceptors (Lipinski definition) is 3. The van der Waals surface area contributed by atoms with Crippen molar-refractivity contribution in [3.05, 3.63) is 0 Å². The van der Waals surface area contributed by atoms with Gasteiger partial charge in [0.25, 0.3) is 0 Å². The molecule has 1 rings (SSSR count). The molecule has 0 aliphatic carbocycles. The van der Waals surface area contributed by atoms with Crippen molar-refractivity contribution in [2.24, 2.45) is 5.73 Å². The molecule has 1 aliphatic heterocycles. The molecule has 1 heterocycles.